The first-order valence-corrected chi connectivity index (χ1v) is 23.6. The molecule has 0 atom stereocenters. The Morgan fingerprint density at radius 3 is 1.74 bits per heavy atom. The first kappa shape index (κ1) is 43.4. The first-order valence-electron chi connectivity index (χ1n) is 19.5. The summed E-state index contributed by atoms with van der Waals surface area (Å²) in [5.41, 5.74) is 6.06. The van der Waals surface area contributed by atoms with Crippen molar-refractivity contribution in [2.75, 3.05) is 19.4 Å². The lowest BCUT2D eigenvalue weighted by atomic mass is 9.84. The molecule has 11 heteroatoms. The van der Waals surface area contributed by atoms with E-state index in [9.17, 15) is 9.59 Å². The number of carbonyl (C=O) groups is 2. The second-order valence-corrected chi connectivity index (χ2v) is 18.5. The largest absolute Gasteiger partial charge is 0.465 e. The van der Waals surface area contributed by atoms with Gasteiger partial charge in [0.05, 0.1) is 51.2 Å². The van der Waals surface area contributed by atoms with Crippen molar-refractivity contribution in [2.24, 2.45) is 0 Å². The number of hydrogen-bond acceptors (Lipinski definition) is 6. The lowest BCUT2D eigenvalue weighted by Crippen LogP contribution is -2.05. The van der Waals surface area contributed by atoms with Crippen molar-refractivity contribution >= 4 is 101 Å². The lowest BCUT2D eigenvalue weighted by Gasteiger charge is -2.22. The molecule has 2 heterocycles. The number of thioether (sulfide) groups is 2. The summed E-state index contributed by atoms with van der Waals surface area (Å²) in [5.74, 6) is 1.41. The SMILES string of the molecule is COC(=O)c1ccc2c(C3CCCCC3)c(Br)[nH]c2c1.COC(=O)c1ccc2c(C3CCCCC3)c(Br)n(CSc3ccccc3)c2c1.ClCSc1ccccc1. The third-order valence-corrected chi connectivity index (χ3v) is 14.3. The molecule has 6 nitrogen and oxygen atoms in total. The fourth-order valence-electron chi connectivity index (χ4n) is 7.95. The third kappa shape index (κ3) is 11.1. The van der Waals surface area contributed by atoms with E-state index in [4.69, 9.17) is 21.1 Å². The zero-order valence-electron chi connectivity index (χ0n) is 32.4. The number of alkyl halides is 1. The van der Waals surface area contributed by atoms with Gasteiger partial charge in [-0.1, -0.05) is 87.1 Å². The molecule has 57 heavy (non-hydrogen) atoms. The van der Waals surface area contributed by atoms with Gasteiger partial charge >= 0.3 is 11.9 Å². The van der Waals surface area contributed by atoms with Crippen LogP contribution in [0.25, 0.3) is 21.8 Å². The van der Waals surface area contributed by atoms with Crippen molar-refractivity contribution in [1.82, 2.24) is 9.55 Å². The number of nitrogens with one attached hydrogen (secondary N) is 1. The van der Waals surface area contributed by atoms with Crippen molar-refractivity contribution in [3.63, 3.8) is 0 Å². The topological polar surface area (TPSA) is 73.3 Å². The van der Waals surface area contributed by atoms with Crippen LogP contribution >= 0.6 is 67.0 Å². The van der Waals surface area contributed by atoms with Gasteiger partial charge in [-0.3, -0.25) is 0 Å². The number of hydrogen-bond donors (Lipinski definition) is 1. The van der Waals surface area contributed by atoms with E-state index < -0.39 is 0 Å². The molecular weight excluding hydrogens is 904 g/mol. The molecular formula is C46H49Br2ClN2O4S2. The van der Waals surface area contributed by atoms with E-state index in [1.165, 1.54) is 110 Å². The quantitative estimate of drug-likeness (QED) is 0.0884. The van der Waals surface area contributed by atoms with Gasteiger partial charge in [-0.25, -0.2) is 9.59 Å². The Bertz CT molecular complexity index is 2230. The summed E-state index contributed by atoms with van der Waals surface area (Å²) in [5, 5.41) is 3.10. The Hall–Kier alpha value is -3.15. The van der Waals surface area contributed by atoms with Gasteiger partial charge in [0.15, 0.2) is 0 Å². The van der Waals surface area contributed by atoms with Crippen LogP contribution in [0.15, 0.2) is 116 Å². The Morgan fingerprint density at radius 2 is 1.19 bits per heavy atom. The van der Waals surface area contributed by atoms with Crippen LogP contribution in [0.3, 0.4) is 0 Å². The molecule has 2 fully saturated rings. The minimum absolute atomic E-state index is 0.291. The van der Waals surface area contributed by atoms with Crippen LogP contribution in [-0.4, -0.2) is 40.9 Å². The van der Waals surface area contributed by atoms with Gasteiger partial charge in [-0.05, 0) is 129 Å². The predicted molar refractivity (Wildman–Crippen MR) is 245 cm³/mol. The molecule has 4 aromatic carbocycles. The number of benzene rings is 4. The second kappa shape index (κ2) is 21.7. The molecule has 8 rings (SSSR count). The Kier molecular flexibility index (Phi) is 16.6. The van der Waals surface area contributed by atoms with Crippen LogP contribution < -0.4 is 0 Å². The van der Waals surface area contributed by atoms with Gasteiger partial charge < -0.3 is 19.0 Å². The summed E-state index contributed by atoms with van der Waals surface area (Å²) in [7, 11) is 2.84. The number of carbonyl (C=O) groups excluding carboxylic acids is 2. The summed E-state index contributed by atoms with van der Waals surface area (Å²) in [4.78, 5) is 29.5. The number of methoxy groups -OCH3 is 2. The maximum Gasteiger partial charge on any atom is 0.337 e. The molecule has 300 valence electrons. The van der Waals surface area contributed by atoms with Crippen LogP contribution in [0.1, 0.15) is 108 Å². The molecule has 0 saturated heterocycles. The molecule has 0 amide bonds. The van der Waals surface area contributed by atoms with Crippen LogP contribution in [0, 0.1) is 0 Å². The highest BCUT2D eigenvalue weighted by Crippen LogP contribution is 2.44. The number of aromatic amines is 1. The van der Waals surface area contributed by atoms with Gasteiger partial charge in [-0.2, -0.15) is 0 Å². The standard InChI is InChI=1S/C23H24BrNO2S.C16H18BrNO2.C7H7ClS/c1-27-23(26)17-12-13-19-20(14-17)25(15-28-18-10-6-3-7-11-18)22(24)21(19)16-8-4-2-5-9-16;1-20-16(19)11-7-8-12-13(9-11)18-15(17)14(12)10-5-3-2-4-6-10;8-6-9-7-4-2-1-3-5-7/h3,6-7,10-14,16H,2,4-5,8-9,15H2,1H3;7-10,18H,2-6H2,1H3;1-5H,6H2. The number of ether oxygens (including phenoxy) is 2. The minimum Gasteiger partial charge on any atom is -0.465 e. The summed E-state index contributed by atoms with van der Waals surface area (Å²) >= 11 is 16.5. The normalized spacial score (nSPS) is 14.7. The first-order chi connectivity index (χ1) is 27.8. The Labute approximate surface area is 366 Å². The number of nitrogens with zero attached hydrogens (tertiary/aromatic N) is 1. The van der Waals surface area contributed by atoms with E-state index in [-0.39, 0.29) is 11.9 Å². The Balaban J connectivity index is 0.000000164. The zero-order chi connectivity index (χ0) is 40.1. The summed E-state index contributed by atoms with van der Waals surface area (Å²) in [6.45, 7) is 0. The Morgan fingerprint density at radius 1 is 0.684 bits per heavy atom. The number of H-pyrrole nitrogens is 1. The number of fused-ring (bicyclic) bond motifs is 2. The van der Waals surface area contributed by atoms with Gasteiger partial charge in [0.25, 0.3) is 0 Å². The molecule has 0 unspecified atom stereocenters. The molecule has 0 spiro atoms. The molecule has 6 aromatic rings. The van der Waals surface area contributed by atoms with Crippen molar-refractivity contribution in [1.29, 1.82) is 0 Å². The highest BCUT2D eigenvalue weighted by atomic mass is 79.9. The fraction of sp³-hybridized carbons (Fsp3) is 0.348. The van der Waals surface area contributed by atoms with E-state index in [0.717, 1.165) is 26.1 Å². The molecule has 0 aliphatic heterocycles. The molecule has 2 aliphatic rings. The highest BCUT2D eigenvalue weighted by molar-refractivity contribution is 9.10. The lowest BCUT2D eigenvalue weighted by molar-refractivity contribution is 0.0592. The smallest absolute Gasteiger partial charge is 0.337 e. The van der Waals surface area contributed by atoms with Crippen LogP contribution in [0.4, 0.5) is 0 Å². The number of rotatable bonds is 9. The molecule has 0 bridgehead atoms. The summed E-state index contributed by atoms with van der Waals surface area (Å²) in [6, 6.07) is 32.3. The van der Waals surface area contributed by atoms with Gasteiger partial charge in [0, 0.05) is 26.1 Å². The third-order valence-electron chi connectivity index (χ3n) is 10.8. The van der Waals surface area contributed by atoms with E-state index in [1.54, 1.807) is 23.5 Å². The van der Waals surface area contributed by atoms with E-state index >= 15 is 0 Å². The zero-order valence-corrected chi connectivity index (χ0v) is 38.0. The van der Waals surface area contributed by atoms with Crippen LogP contribution in [0.5, 0.6) is 0 Å². The summed E-state index contributed by atoms with van der Waals surface area (Å²) < 4.78 is 14.2. The van der Waals surface area contributed by atoms with Crippen LogP contribution in [-0.2, 0) is 15.4 Å². The molecule has 2 aromatic heterocycles. The van der Waals surface area contributed by atoms with E-state index in [1.807, 2.05) is 66.7 Å². The predicted octanol–water partition coefficient (Wildman–Crippen LogP) is 14.7. The maximum atomic E-state index is 12.1. The van der Waals surface area contributed by atoms with Crippen molar-refractivity contribution in [3.05, 3.63) is 129 Å². The average Bonchev–Trinajstić information content (AvgIpc) is 3.75. The summed E-state index contributed by atoms with van der Waals surface area (Å²) in [6.07, 6.45) is 12.9. The van der Waals surface area contributed by atoms with Crippen LogP contribution in [0.2, 0.25) is 0 Å². The van der Waals surface area contributed by atoms with E-state index in [0.29, 0.717) is 28.2 Å². The maximum absolute atomic E-state index is 12.1. The molecule has 2 saturated carbocycles. The van der Waals surface area contributed by atoms with Gasteiger partial charge in [0.2, 0.25) is 0 Å². The fourth-order valence-corrected chi connectivity index (χ4v) is 11.5. The molecule has 0 radical (unpaired) electrons. The van der Waals surface area contributed by atoms with Crippen molar-refractivity contribution in [3.8, 4) is 0 Å². The second-order valence-electron chi connectivity index (χ2n) is 14.3. The average molecular weight is 953 g/mol. The van der Waals surface area contributed by atoms with Gasteiger partial charge in [-0.15, -0.1) is 35.1 Å². The van der Waals surface area contributed by atoms with E-state index in [2.05, 4.69) is 71.7 Å². The molecule has 2 aliphatic carbocycles. The minimum atomic E-state index is -0.295. The van der Waals surface area contributed by atoms with Gasteiger partial charge in [0.1, 0.15) is 0 Å². The highest BCUT2D eigenvalue weighted by Gasteiger charge is 2.26. The number of aromatic nitrogens is 2. The number of esters is 2. The number of halogens is 3. The molecule has 1 N–H and O–H groups in total. The van der Waals surface area contributed by atoms with Crippen molar-refractivity contribution in [2.45, 2.75) is 91.7 Å². The monoisotopic (exact) mass is 950 g/mol. The van der Waals surface area contributed by atoms with Crippen molar-refractivity contribution < 1.29 is 19.1 Å².